The molecule has 2 aromatic heterocycles. The number of fused-ring (bicyclic) bond motifs is 1. The van der Waals surface area contributed by atoms with E-state index in [1.54, 1.807) is 43.3 Å². The molecule has 6 nitrogen and oxygen atoms in total. The number of hydrogen-bond acceptors (Lipinski definition) is 4. The fourth-order valence-corrected chi connectivity index (χ4v) is 3.39. The van der Waals surface area contributed by atoms with Crippen LogP contribution in [-0.4, -0.2) is 49.0 Å². The van der Waals surface area contributed by atoms with Gasteiger partial charge in [-0.3, -0.25) is 4.79 Å². The van der Waals surface area contributed by atoms with Gasteiger partial charge in [-0.1, -0.05) is 18.2 Å². The zero-order valence-electron chi connectivity index (χ0n) is 15.2. The summed E-state index contributed by atoms with van der Waals surface area (Å²) >= 11 is 0. The molecule has 0 aliphatic heterocycles. The molecule has 0 bridgehead atoms. The van der Waals surface area contributed by atoms with Gasteiger partial charge in [0.05, 0.1) is 22.7 Å². The first-order chi connectivity index (χ1) is 12.2. The lowest BCUT2D eigenvalue weighted by atomic mass is 10.1. The maximum absolute atomic E-state index is 12.3. The van der Waals surface area contributed by atoms with Gasteiger partial charge in [0.15, 0.2) is 9.84 Å². The van der Waals surface area contributed by atoms with E-state index < -0.39 is 9.84 Å². The van der Waals surface area contributed by atoms with Crippen molar-refractivity contribution in [3.8, 4) is 11.3 Å². The van der Waals surface area contributed by atoms with Gasteiger partial charge in [0, 0.05) is 32.1 Å². The Morgan fingerprint density at radius 2 is 1.77 bits per heavy atom. The van der Waals surface area contributed by atoms with Gasteiger partial charge in [-0.2, -0.15) is 0 Å². The number of hydrogen-bond donors (Lipinski definition) is 0. The molecule has 0 aliphatic carbocycles. The predicted molar refractivity (Wildman–Crippen MR) is 101 cm³/mol. The van der Waals surface area contributed by atoms with Crippen LogP contribution in [0.5, 0.6) is 0 Å². The minimum absolute atomic E-state index is 0.0256. The topological polar surface area (TPSA) is 71.7 Å². The number of aryl methyl sites for hydroxylation is 1. The highest BCUT2D eigenvalue weighted by Crippen LogP contribution is 2.27. The number of benzene rings is 1. The van der Waals surface area contributed by atoms with Crippen LogP contribution < -0.4 is 0 Å². The quantitative estimate of drug-likeness (QED) is 0.706. The molecular formula is C19H21N3O3S. The summed E-state index contributed by atoms with van der Waals surface area (Å²) in [6, 6.07) is 10.5. The second-order valence-electron chi connectivity index (χ2n) is 6.60. The largest absolute Gasteiger partial charge is 0.348 e. The van der Waals surface area contributed by atoms with Gasteiger partial charge in [-0.25, -0.2) is 13.4 Å². The highest BCUT2D eigenvalue weighted by Gasteiger charge is 2.18. The highest BCUT2D eigenvalue weighted by atomic mass is 32.2. The van der Waals surface area contributed by atoms with Crippen molar-refractivity contribution in [3.05, 3.63) is 53.9 Å². The van der Waals surface area contributed by atoms with Gasteiger partial charge in [-0.05, 0) is 30.7 Å². The third-order valence-corrected chi connectivity index (χ3v) is 5.37. The van der Waals surface area contributed by atoms with E-state index in [0.29, 0.717) is 5.69 Å². The molecule has 0 radical (unpaired) electrons. The van der Waals surface area contributed by atoms with E-state index in [-0.39, 0.29) is 17.2 Å². The molecule has 26 heavy (non-hydrogen) atoms. The van der Waals surface area contributed by atoms with E-state index in [2.05, 4.69) is 4.98 Å². The molecule has 0 aliphatic rings. The number of pyridine rings is 1. The molecule has 2 heterocycles. The summed E-state index contributed by atoms with van der Waals surface area (Å²) in [5, 5.41) is 0. The van der Waals surface area contributed by atoms with Crippen molar-refractivity contribution >= 4 is 21.4 Å². The summed E-state index contributed by atoms with van der Waals surface area (Å²) < 4.78 is 25.3. The molecule has 3 rings (SSSR count). The number of nitrogens with zero attached hydrogens (tertiary/aromatic N) is 3. The molecule has 0 unspecified atom stereocenters. The third kappa shape index (κ3) is 3.48. The average Bonchev–Trinajstić information content (AvgIpc) is 2.92. The summed E-state index contributed by atoms with van der Waals surface area (Å²) in [4.78, 5) is 18.8. The highest BCUT2D eigenvalue weighted by molar-refractivity contribution is 7.90. The maximum atomic E-state index is 12.3. The Balaban J connectivity index is 2.17. The molecule has 1 aromatic carbocycles. The van der Waals surface area contributed by atoms with Crippen LogP contribution in [-0.2, 0) is 21.1 Å². The first-order valence-electron chi connectivity index (χ1n) is 8.15. The minimum atomic E-state index is -3.26. The number of sulfone groups is 1. The van der Waals surface area contributed by atoms with Crippen molar-refractivity contribution < 1.29 is 13.2 Å². The van der Waals surface area contributed by atoms with Crippen molar-refractivity contribution in [1.29, 1.82) is 0 Å². The van der Waals surface area contributed by atoms with E-state index in [1.165, 1.54) is 6.26 Å². The van der Waals surface area contributed by atoms with Gasteiger partial charge in [-0.15, -0.1) is 0 Å². The number of aromatic nitrogens is 2. The third-order valence-electron chi connectivity index (χ3n) is 4.24. The Morgan fingerprint density at radius 3 is 2.35 bits per heavy atom. The van der Waals surface area contributed by atoms with Crippen LogP contribution in [0.15, 0.2) is 47.5 Å². The predicted octanol–water partition coefficient (Wildman–Crippen LogP) is 2.34. The maximum Gasteiger partial charge on any atom is 0.228 e. The van der Waals surface area contributed by atoms with E-state index in [1.807, 2.05) is 29.7 Å². The molecule has 3 aromatic rings. The van der Waals surface area contributed by atoms with Crippen LogP contribution in [0.4, 0.5) is 0 Å². The first-order valence-corrected chi connectivity index (χ1v) is 10.0. The lowest BCUT2D eigenvalue weighted by Gasteiger charge is -2.11. The summed E-state index contributed by atoms with van der Waals surface area (Å²) in [5.74, 6) is -0.0256. The molecule has 1 amide bonds. The Morgan fingerprint density at radius 1 is 1.12 bits per heavy atom. The van der Waals surface area contributed by atoms with Gasteiger partial charge in [0.25, 0.3) is 0 Å². The number of rotatable bonds is 4. The summed E-state index contributed by atoms with van der Waals surface area (Å²) in [5.41, 5.74) is 4.06. The average molecular weight is 371 g/mol. The van der Waals surface area contributed by atoms with Crippen molar-refractivity contribution in [3.63, 3.8) is 0 Å². The van der Waals surface area contributed by atoms with Crippen LogP contribution >= 0.6 is 0 Å². The minimum Gasteiger partial charge on any atom is -0.348 e. The monoisotopic (exact) mass is 371 g/mol. The lowest BCUT2D eigenvalue weighted by molar-refractivity contribution is -0.128. The van der Waals surface area contributed by atoms with Crippen molar-refractivity contribution in [1.82, 2.24) is 14.3 Å². The van der Waals surface area contributed by atoms with Crippen LogP contribution in [0, 0.1) is 6.92 Å². The smallest absolute Gasteiger partial charge is 0.228 e. The Hall–Kier alpha value is -2.67. The number of imidazole rings is 1. The molecule has 136 valence electrons. The lowest BCUT2D eigenvalue weighted by Crippen LogP contribution is -2.24. The van der Waals surface area contributed by atoms with E-state index in [0.717, 1.165) is 22.5 Å². The van der Waals surface area contributed by atoms with Crippen LogP contribution in [0.2, 0.25) is 0 Å². The van der Waals surface area contributed by atoms with E-state index in [4.69, 9.17) is 0 Å². The Kier molecular flexibility index (Phi) is 4.58. The van der Waals surface area contributed by atoms with Gasteiger partial charge in [0.1, 0.15) is 5.65 Å². The standard InChI is InChI=1S/C19H21N3O3S/c1-13-5-10-17-20-19(14-6-8-15(9-7-14)26(4,24)25)16(22(17)12-13)11-18(23)21(2)3/h5-10,12H,11H2,1-4H3. The number of likely N-dealkylation sites (N-methyl/N-ethyl adjacent to an activating group) is 1. The first kappa shape index (κ1) is 18.1. The van der Waals surface area contributed by atoms with E-state index >= 15 is 0 Å². The zero-order chi connectivity index (χ0) is 19.1. The summed E-state index contributed by atoms with van der Waals surface area (Å²) in [7, 11) is 0.180. The molecule has 0 fully saturated rings. The van der Waals surface area contributed by atoms with Crippen molar-refractivity contribution in [2.45, 2.75) is 18.2 Å². The van der Waals surface area contributed by atoms with E-state index in [9.17, 15) is 13.2 Å². The van der Waals surface area contributed by atoms with Crippen molar-refractivity contribution in [2.75, 3.05) is 20.4 Å². The molecule has 0 N–H and O–H groups in total. The molecule has 0 atom stereocenters. The van der Waals surface area contributed by atoms with Gasteiger partial charge in [0.2, 0.25) is 5.91 Å². The number of carbonyl (C=O) groups excluding carboxylic acids is 1. The summed E-state index contributed by atoms with van der Waals surface area (Å²) in [6.45, 7) is 1.98. The van der Waals surface area contributed by atoms with Crippen LogP contribution in [0.1, 0.15) is 11.3 Å². The number of carbonyl (C=O) groups is 1. The molecule has 7 heteroatoms. The van der Waals surface area contributed by atoms with Gasteiger partial charge >= 0.3 is 0 Å². The Bertz CT molecular complexity index is 1080. The summed E-state index contributed by atoms with van der Waals surface area (Å²) in [6.07, 6.45) is 3.34. The molecule has 0 saturated carbocycles. The fraction of sp³-hybridized carbons (Fsp3) is 0.263. The fourth-order valence-electron chi connectivity index (χ4n) is 2.76. The zero-order valence-corrected chi connectivity index (χ0v) is 16.0. The van der Waals surface area contributed by atoms with Crippen LogP contribution in [0.25, 0.3) is 16.9 Å². The van der Waals surface area contributed by atoms with Crippen molar-refractivity contribution in [2.24, 2.45) is 0 Å². The second-order valence-corrected chi connectivity index (χ2v) is 8.62. The number of amides is 1. The Labute approximate surface area is 153 Å². The van der Waals surface area contributed by atoms with Crippen LogP contribution in [0.3, 0.4) is 0 Å². The normalized spacial score (nSPS) is 11.7. The SMILES string of the molecule is Cc1ccc2nc(-c3ccc(S(C)(=O)=O)cc3)c(CC(=O)N(C)C)n2c1. The molecule has 0 saturated heterocycles. The second kappa shape index (κ2) is 6.57. The molecule has 0 spiro atoms. The van der Waals surface area contributed by atoms with Gasteiger partial charge < -0.3 is 9.30 Å². The molecular weight excluding hydrogens is 350 g/mol.